The van der Waals surface area contributed by atoms with Crippen LogP contribution in [0.25, 0.3) is 10.9 Å². The molecule has 0 unspecified atom stereocenters. The molecule has 24 heavy (non-hydrogen) atoms. The van der Waals surface area contributed by atoms with Crippen molar-refractivity contribution in [3.05, 3.63) is 35.5 Å². The largest absolute Gasteiger partial charge is 0.468 e. The molecule has 2 aromatic rings. The molecule has 1 heterocycles. The molecule has 0 amide bonds. The van der Waals surface area contributed by atoms with Crippen molar-refractivity contribution in [1.29, 1.82) is 0 Å². The van der Waals surface area contributed by atoms with E-state index < -0.39 is 17.4 Å². The summed E-state index contributed by atoms with van der Waals surface area (Å²) >= 11 is 0. The van der Waals surface area contributed by atoms with Crippen LogP contribution in [0.3, 0.4) is 0 Å². The van der Waals surface area contributed by atoms with Crippen molar-refractivity contribution in [2.75, 3.05) is 14.2 Å². The fraction of sp³-hybridized carbons (Fsp3) is 0.389. The first-order valence-corrected chi connectivity index (χ1v) is 7.79. The highest BCUT2D eigenvalue weighted by Crippen LogP contribution is 2.44. The summed E-state index contributed by atoms with van der Waals surface area (Å²) in [5.41, 5.74) is 0.306. The number of carbonyl (C=O) groups excluding carboxylic acids is 3. The number of rotatable bonds is 2. The van der Waals surface area contributed by atoms with Gasteiger partial charge in [-0.25, -0.2) is 0 Å². The van der Waals surface area contributed by atoms with Gasteiger partial charge in [0.1, 0.15) is 0 Å². The number of methoxy groups -OCH3 is 2. The summed E-state index contributed by atoms with van der Waals surface area (Å²) in [5, 5.41) is 0.875. The Labute approximate surface area is 139 Å². The second kappa shape index (κ2) is 5.78. The highest BCUT2D eigenvalue weighted by molar-refractivity contribution is 6.10. The summed E-state index contributed by atoms with van der Waals surface area (Å²) in [4.78, 5) is 37.7. The second-order valence-corrected chi connectivity index (χ2v) is 5.94. The first-order valence-electron chi connectivity index (χ1n) is 7.79. The molecule has 1 aromatic carbocycles. The molecule has 0 spiro atoms. The molecule has 0 radical (unpaired) electrons. The molecule has 0 aliphatic heterocycles. The zero-order chi connectivity index (χ0) is 17.5. The molecular weight excluding hydrogens is 310 g/mol. The van der Waals surface area contributed by atoms with Gasteiger partial charge in [-0.05, 0) is 30.9 Å². The van der Waals surface area contributed by atoms with Gasteiger partial charge in [0.2, 0.25) is 11.3 Å². The highest BCUT2D eigenvalue weighted by atomic mass is 16.5. The van der Waals surface area contributed by atoms with Gasteiger partial charge in [0.25, 0.3) is 0 Å². The Kier molecular flexibility index (Phi) is 3.91. The van der Waals surface area contributed by atoms with Gasteiger partial charge in [-0.2, -0.15) is 0 Å². The van der Waals surface area contributed by atoms with Crippen LogP contribution in [0.4, 0.5) is 0 Å². The van der Waals surface area contributed by atoms with Gasteiger partial charge >= 0.3 is 11.9 Å². The summed E-state index contributed by atoms with van der Waals surface area (Å²) in [6.07, 6.45) is 1.57. The van der Waals surface area contributed by atoms with Crippen LogP contribution in [0, 0.1) is 0 Å². The number of carbonyl (C=O) groups is 3. The van der Waals surface area contributed by atoms with Crippen LogP contribution in [0.2, 0.25) is 0 Å². The lowest BCUT2D eigenvalue weighted by atomic mass is 9.72. The maximum absolute atomic E-state index is 12.7. The maximum atomic E-state index is 12.7. The van der Waals surface area contributed by atoms with Crippen molar-refractivity contribution >= 4 is 28.7 Å². The lowest BCUT2D eigenvalue weighted by Crippen LogP contribution is -2.49. The number of nitrogens with zero attached hydrogens (tertiary/aromatic N) is 1. The summed E-state index contributed by atoms with van der Waals surface area (Å²) in [7, 11) is 2.48. The van der Waals surface area contributed by atoms with Gasteiger partial charge < -0.3 is 9.47 Å². The summed E-state index contributed by atoms with van der Waals surface area (Å²) in [6, 6.07) is 7.41. The third kappa shape index (κ3) is 1.99. The summed E-state index contributed by atoms with van der Waals surface area (Å²) < 4.78 is 11.3. The number of ether oxygens (including phenoxy) is 2. The molecule has 6 nitrogen and oxygen atoms in total. The molecule has 1 aliphatic carbocycles. The number of aryl methyl sites for hydroxylation is 1. The van der Waals surface area contributed by atoms with Crippen LogP contribution in [-0.2, 0) is 30.9 Å². The van der Waals surface area contributed by atoms with Gasteiger partial charge in [-0.3, -0.25) is 19.0 Å². The zero-order valence-corrected chi connectivity index (χ0v) is 13.9. The van der Waals surface area contributed by atoms with Gasteiger partial charge in [-0.1, -0.05) is 18.2 Å². The van der Waals surface area contributed by atoms with E-state index in [0.29, 0.717) is 24.1 Å². The van der Waals surface area contributed by atoms with Crippen LogP contribution in [0.5, 0.6) is 0 Å². The molecular formula is C18H19NO5. The minimum absolute atomic E-state index is 0.253. The Bertz CT molecular complexity index is 832. The SMILES string of the molecule is COC(=O)C1(C(=O)OC)CCCc2c1n(C(C)=O)c1ccccc21. The van der Waals surface area contributed by atoms with Crippen LogP contribution < -0.4 is 0 Å². The quantitative estimate of drug-likeness (QED) is 0.624. The van der Waals surface area contributed by atoms with E-state index in [1.165, 1.54) is 25.7 Å². The van der Waals surface area contributed by atoms with E-state index in [2.05, 4.69) is 0 Å². The van der Waals surface area contributed by atoms with E-state index in [4.69, 9.17) is 9.47 Å². The number of aromatic nitrogens is 1. The van der Waals surface area contributed by atoms with Crippen LogP contribution >= 0.6 is 0 Å². The minimum Gasteiger partial charge on any atom is -0.468 e. The number of esters is 2. The first kappa shape index (κ1) is 16.2. The normalized spacial score (nSPS) is 15.6. The Morgan fingerprint density at radius 2 is 1.71 bits per heavy atom. The zero-order valence-electron chi connectivity index (χ0n) is 13.9. The molecule has 6 heteroatoms. The van der Waals surface area contributed by atoms with Crippen LogP contribution in [0.1, 0.15) is 35.8 Å². The monoisotopic (exact) mass is 329 g/mol. The summed E-state index contributed by atoms with van der Waals surface area (Å²) in [6.45, 7) is 1.42. The molecule has 126 valence electrons. The Balaban J connectivity index is 2.47. The predicted octanol–water partition coefficient (Wildman–Crippen LogP) is 2.22. The molecule has 1 aromatic heterocycles. The standard InChI is InChI=1S/C18H19NO5/c1-11(20)19-14-9-5-4-7-12(14)13-8-6-10-18(15(13)19,16(21)23-2)17(22)24-3/h4-5,7,9H,6,8,10H2,1-3H3. The lowest BCUT2D eigenvalue weighted by Gasteiger charge is -2.33. The lowest BCUT2D eigenvalue weighted by molar-refractivity contribution is -0.163. The highest BCUT2D eigenvalue weighted by Gasteiger charge is 2.55. The topological polar surface area (TPSA) is 74.6 Å². The van der Waals surface area contributed by atoms with E-state index in [1.807, 2.05) is 24.3 Å². The number of hydrogen-bond donors (Lipinski definition) is 0. The average molecular weight is 329 g/mol. The van der Waals surface area contributed by atoms with Crippen molar-refractivity contribution in [2.45, 2.75) is 31.6 Å². The van der Waals surface area contributed by atoms with E-state index >= 15 is 0 Å². The number of benzene rings is 1. The van der Waals surface area contributed by atoms with E-state index in [1.54, 1.807) is 0 Å². The van der Waals surface area contributed by atoms with E-state index in [9.17, 15) is 14.4 Å². The van der Waals surface area contributed by atoms with Gasteiger partial charge in [0.05, 0.1) is 25.4 Å². The Hall–Kier alpha value is -2.63. The maximum Gasteiger partial charge on any atom is 0.329 e. The van der Waals surface area contributed by atoms with Gasteiger partial charge in [0.15, 0.2) is 0 Å². The van der Waals surface area contributed by atoms with Crippen molar-refractivity contribution in [3.63, 3.8) is 0 Å². The smallest absolute Gasteiger partial charge is 0.329 e. The number of hydrogen-bond acceptors (Lipinski definition) is 5. The molecule has 0 N–H and O–H groups in total. The van der Waals surface area contributed by atoms with Crippen LogP contribution in [0.15, 0.2) is 24.3 Å². The van der Waals surface area contributed by atoms with E-state index in [0.717, 1.165) is 10.9 Å². The fourth-order valence-corrected chi connectivity index (χ4v) is 3.81. The molecule has 0 atom stereocenters. The van der Waals surface area contributed by atoms with Gasteiger partial charge in [0, 0.05) is 12.3 Å². The second-order valence-electron chi connectivity index (χ2n) is 5.94. The molecule has 3 rings (SSSR count). The number of fused-ring (bicyclic) bond motifs is 3. The third-order valence-corrected chi connectivity index (χ3v) is 4.74. The molecule has 1 aliphatic rings. The van der Waals surface area contributed by atoms with Crippen molar-refractivity contribution in [2.24, 2.45) is 0 Å². The van der Waals surface area contributed by atoms with Crippen LogP contribution in [-0.4, -0.2) is 36.6 Å². The first-order chi connectivity index (χ1) is 11.5. The predicted molar refractivity (Wildman–Crippen MR) is 86.9 cm³/mol. The molecule has 0 bridgehead atoms. The third-order valence-electron chi connectivity index (χ3n) is 4.74. The Morgan fingerprint density at radius 1 is 1.08 bits per heavy atom. The van der Waals surface area contributed by atoms with Crippen molar-refractivity contribution < 1.29 is 23.9 Å². The van der Waals surface area contributed by atoms with Crippen molar-refractivity contribution in [1.82, 2.24) is 4.57 Å². The van der Waals surface area contributed by atoms with Crippen molar-refractivity contribution in [3.8, 4) is 0 Å². The minimum atomic E-state index is -1.61. The van der Waals surface area contributed by atoms with E-state index in [-0.39, 0.29) is 12.3 Å². The number of para-hydroxylation sites is 1. The average Bonchev–Trinajstić information content (AvgIpc) is 2.95. The fourth-order valence-electron chi connectivity index (χ4n) is 3.81. The Morgan fingerprint density at radius 3 is 2.29 bits per heavy atom. The summed E-state index contributed by atoms with van der Waals surface area (Å²) in [5.74, 6) is -1.65. The van der Waals surface area contributed by atoms with Gasteiger partial charge in [-0.15, -0.1) is 0 Å². The molecule has 0 saturated carbocycles. The molecule has 0 fully saturated rings. The molecule has 0 saturated heterocycles.